The molecular weight excluding hydrogens is 1760 g/mol. The number of nitrogens with one attached hydrogen (secondary N) is 4. The Labute approximate surface area is 817 Å². The highest BCUT2D eigenvalue weighted by molar-refractivity contribution is 6.06. The number of primary amides is 1. The number of hydrogen-bond acceptors (Lipinski definition) is 23. The van der Waals surface area contributed by atoms with Crippen molar-refractivity contribution in [3.63, 3.8) is 0 Å². The van der Waals surface area contributed by atoms with Gasteiger partial charge in [0.1, 0.15) is 23.4 Å². The van der Waals surface area contributed by atoms with Crippen LogP contribution in [0.25, 0.3) is 89.8 Å². The van der Waals surface area contributed by atoms with Crippen LogP contribution in [-0.2, 0) is 25.7 Å². The van der Waals surface area contributed by atoms with E-state index in [4.69, 9.17) is 50.5 Å². The average Bonchev–Trinajstić information content (AvgIpc) is 1.67. The zero-order chi connectivity index (χ0) is 95.4. The van der Waals surface area contributed by atoms with Crippen molar-refractivity contribution >= 4 is 91.7 Å². The highest BCUT2D eigenvalue weighted by Gasteiger charge is 2.21. The maximum Gasteiger partial charge on any atom is 0.255 e. The van der Waals surface area contributed by atoms with Gasteiger partial charge >= 0.3 is 0 Å². The Morgan fingerprint density at radius 3 is 1.26 bits per heavy atom. The number of nitrogen functional groups attached to an aromatic ring is 1. The van der Waals surface area contributed by atoms with E-state index in [9.17, 15) is 9.59 Å². The Morgan fingerprint density at radius 2 is 0.773 bits per heavy atom. The van der Waals surface area contributed by atoms with Crippen LogP contribution in [0.1, 0.15) is 119 Å². The largest absolute Gasteiger partial charge is 0.492 e. The van der Waals surface area contributed by atoms with E-state index < -0.39 is 5.91 Å². The summed E-state index contributed by atoms with van der Waals surface area (Å²) in [6.07, 6.45) is 21.9. The first-order valence-electron chi connectivity index (χ1n) is 49.0. The van der Waals surface area contributed by atoms with Gasteiger partial charge in [0, 0.05) is 80.3 Å². The van der Waals surface area contributed by atoms with Crippen molar-refractivity contribution in [2.75, 3.05) is 112 Å². The van der Waals surface area contributed by atoms with Gasteiger partial charge in [-0.3, -0.25) is 14.5 Å². The van der Waals surface area contributed by atoms with Crippen LogP contribution in [0.5, 0.6) is 5.75 Å². The number of nitrogens with zero attached hydrogens (tertiary/aromatic N) is 18. The van der Waals surface area contributed by atoms with E-state index in [2.05, 4.69) is 175 Å². The maximum atomic E-state index is 12.9. The van der Waals surface area contributed by atoms with E-state index in [-0.39, 0.29) is 5.91 Å². The molecule has 4 aliphatic rings. The van der Waals surface area contributed by atoms with Crippen LogP contribution in [-0.4, -0.2) is 185 Å². The minimum Gasteiger partial charge on any atom is -0.492 e. The van der Waals surface area contributed by atoms with Crippen molar-refractivity contribution in [3.8, 4) is 61.9 Å². The molecule has 19 aromatic rings. The van der Waals surface area contributed by atoms with Crippen LogP contribution in [0.2, 0.25) is 0 Å². The molecule has 2 amide bonds. The predicted octanol–water partition coefficient (Wildman–Crippen LogP) is 20.7. The molecule has 9 aromatic carbocycles. The molecule has 4 saturated heterocycles. The van der Waals surface area contributed by atoms with Gasteiger partial charge in [-0.15, -0.1) is 15.3 Å². The van der Waals surface area contributed by atoms with Crippen LogP contribution in [0.4, 0.5) is 46.3 Å². The number of pyridine rings is 4. The first-order valence-corrected chi connectivity index (χ1v) is 49.0. The van der Waals surface area contributed by atoms with E-state index >= 15 is 0 Å². The molecule has 29 nitrogen and oxygen atoms in total. The minimum atomic E-state index is -0.454. The minimum absolute atomic E-state index is 0.259. The Hall–Kier alpha value is -16.1. The molecule has 0 spiro atoms. The summed E-state index contributed by atoms with van der Waals surface area (Å²) in [7, 11) is 0. The lowest BCUT2D eigenvalue weighted by molar-refractivity contribution is 0.0997. The number of benzene rings is 9. The van der Waals surface area contributed by atoms with Gasteiger partial charge < -0.3 is 56.6 Å². The van der Waals surface area contributed by atoms with Crippen molar-refractivity contribution < 1.29 is 23.4 Å². The standard InChI is InChI=1S/C31H28N8O3.C29H29N5O.C26H28N6O.C26H29N5/c40-30(22-9-14-26-27(20-22)37-42-36-26)32-24-6-3-5-21(19-24)28-7-4-8-29-34-31(35-39(28)29)33-23-10-12-25(13-11-23)41-18-17-38-15-1-2-16-38;1-2-18-33(17-1)19-4-5-22-8-14-26(15-9-22)30-29-31-28-7-3-6-27(34(28)32-29)24-12-10-23(11-13-24)25-16-20-35-21-25;27-25(33)21-8-3-7-20(18-21)23-9-4-10-24-29-26(30-32(23)24)28-22-13-11-19(12-14-22)6-5-17-31-15-1-2-16-31;27-23-14-12-22(13-15-23)24-6-3-7-26-28-25(29-31(24)26)19-21-10-8-20(9-11-21)5-4-18-30-16-1-2-17-30/h3-14,19-20H,1-2,15-18H2,(H,32,40)(H,33,35);3,6-16,20-21H,1-2,4-5,17-19H2,(H,30,32);3-4,7-14,18H,1-2,5-6,15-17H2,(H2,27,33)(H,28,30);3,6-15H,1-2,4-5,16-19,27H2. The third-order valence-corrected chi connectivity index (χ3v) is 26.3. The van der Waals surface area contributed by atoms with E-state index in [1.807, 2.05) is 161 Å². The molecular formula is C112H114N24O5. The summed E-state index contributed by atoms with van der Waals surface area (Å²) in [5.74, 6) is 2.56. The molecule has 10 aromatic heterocycles. The van der Waals surface area contributed by atoms with Crippen molar-refractivity contribution in [2.45, 2.75) is 96.3 Å². The molecule has 0 unspecified atom stereocenters. The smallest absolute Gasteiger partial charge is 0.255 e. The highest BCUT2D eigenvalue weighted by atomic mass is 16.6. The SMILES string of the molecule is NC(=O)c1cccc(-c2cccc3nc(Nc4ccc(CCCN5CCCC5)cc4)nn23)c1.Nc1ccc(-c2cccc3nc(Cc4ccc(CCCN5CCCC5)cc4)nn23)cc1.O=C(Nc1cccc(-c2cccc3nc(Nc4ccc(OCCN5CCCC5)cc4)nn23)c1)c1ccc2nonc2c1.c1cc(-c2ccc(-c3ccoc3)cc2)n2nc(Nc3ccc(CCCN4CCCC4)cc3)nc2c1. The number of aryl methyl sites for hydroxylation is 3. The number of furan rings is 1. The topological polar surface area (TPSA) is 329 Å². The zero-order valence-electron chi connectivity index (χ0n) is 78.9. The average molecular weight is 1880 g/mol. The van der Waals surface area contributed by atoms with E-state index in [1.54, 1.807) is 51.9 Å². The van der Waals surface area contributed by atoms with Crippen LogP contribution >= 0.6 is 0 Å². The fraction of sp³-hybridized carbons (Fsp3) is 0.250. The van der Waals surface area contributed by atoms with Gasteiger partial charge in [-0.25, -0.2) is 27.7 Å². The summed E-state index contributed by atoms with van der Waals surface area (Å²) in [4.78, 5) is 53.3. The molecule has 23 rings (SSSR count). The third-order valence-electron chi connectivity index (χ3n) is 26.3. The zero-order valence-corrected chi connectivity index (χ0v) is 78.9. The van der Waals surface area contributed by atoms with Crippen LogP contribution in [0.3, 0.4) is 0 Å². The molecule has 0 saturated carbocycles. The first-order chi connectivity index (χ1) is 69.4. The summed E-state index contributed by atoms with van der Waals surface area (Å²) in [6.45, 7) is 15.2. The lowest BCUT2D eigenvalue weighted by Gasteiger charge is -2.15. The summed E-state index contributed by atoms with van der Waals surface area (Å²) in [5, 5.41) is 39.4. The molecule has 4 aliphatic heterocycles. The highest BCUT2D eigenvalue weighted by Crippen LogP contribution is 2.33. The number of aromatic nitrogens is 14. The maximum absolute atomic E-state index is 12.9. The van der Waals surface area contributed by atoms with Crippen molar-refractivity contribution in [3.05, 3.63) is 343 Å². The Kier molecular flexibility index (Phi) is 29.3. The molecule has 0 aliphatic carbocycles. The lowest BCUT2D eigenvalue weighted by Crippen LogP contribution is -2.25. The van der Waals surface area contributed by atoms with Crippen LogP contribution < -0.4 is 37.5 Å². The van der Waals surface area contributed by atoms with Crippen molar-refractivity contribution in [1.29, 1.82) is 0 Å². The molecule has 8 N–H and O–H groups in total. The van der Waals surface area contributed by atoms with Gasteiger partial charge in [0.2, 0.25) is 23.8 Å². The van der Waals surface area contributed by atoms with E-state index in [1.165, 1.54) is 165 Å². The molecule has 14 heterocycles. The fourth-order valence-electron chi connectivity index (χ4n) is 18.8. The van der Waals surface area contributed by atoms with Gasteiger partial charge in [0.25, 0.3) is 5.91 Å². The van der Waals surface area contributed by atoms with Gasteiger partial charge in [0.15, 0.2) is 28.4 Å². The first kappa shape index (κ1) is 92.6. The summed E-state index contributed by atoms with van der Waals surface area (Å²) in [5.41, 5.74) is 35.8. The number of amides is 2. The van der Waals surface area contributed by atoms with Crippen LogP contribution in [0.15, 0.2) is 313 Å². The van der Waals surface area contributed by atoms with E-state index in [0.717, 1.165) is 140 Å². The van der Waals surface area contributed by atoms with Crippen molar-refractivity contribution in [1.82, 2.24) is 88.3 Å². The number of carbonyl (C=O) groups excluding carboxylic acids is 2. The Bertz CT molecular complexity index is 7380. The monoisotopic (exact) mass is 1870 g/mol. The van der Waals surface area contributed by atoms with Crippen molar-refractivity contribution in [2.24, 2.45) is 5.73 Å². The lowest BCUT2D eigenvalue weighted by atomic mass is 10.0. The molecule has 29 heteroatoms. The number of carbonyl (C=O) groups is 2. The van der Waals surface area contributed by atoms with Gasteiger partial charge in [-0.05, 0) is 358 Å². The van der Waals surface area contributed by atoms with E-state index in [0.29, 0.717) is 57.9 Å². The number of rotatable bonds is 32. The van der Waals surface area contributed by atoms with Gasteiger partial charge in [-0.1, -0.05) is 133 Å². The number of hydrogen-bond donors (Lipinski definition) is 6. The molecule has 4 fully saturated rings. The summed E-state index contributed by atoms with van der Waals surface area (Å²) >= 11 is 0. The number of anilines is 8. The number of ether oxygens (including phenoxy) is 1. The Morgan fingerprint density at radius 1 is 0.355 bits per heavy atom. The number of nitrogens with two attached hydrogens (primary N) is 2. The Balaban J connectivity index is 0.000000116. The summed E-state index contributed by atoms with van der Waals surface area (Å²) < 4.78 is 23.2. The third kappa shape index (κ3) is 23.8. The number of likely N-dealkylation sites (tertiary alicyclic amines) is 4. The van der Waals surface area contributed by atoms with Gasteiger partial charge in [0.05, 0.1) is 35.3 Å². The van der Waals surface area contributed by atoms with Crippen LogP contribution in [0, 0.1) is 0 Å². The number of fused-ring (bicyclic) bond motifs is 5. The molecule has 0 radical (unpaired) electrons. The molecule has 712 valence electrons. The summed E-state index contributed by atoms with van der Waals surface area (Å²) in [6, 6.07) is 95.7. The molecule has 0 atom stereocenters. The second-order valence-corrected chi connectivity index (χ2v) is 36.4. The van der Waals surface area contributed by atoms with Gasteiger partial charge in [-0.2, -0.15) is 20.1 Å². The normalized spacial score (nSPS) is 14.0. The molecule has 0 bridgehead atoms. The second-order valence-electron chi connectivity index (χ2n) is 36.4. The molecule has 141 heavy (non-hydrogen) atoms. The predicted molar refractivity (Wildman–Crippen MR) is 556 cm³/mol. The second kappa shape index (κ2) is 44.6. The fourth-order valence-corrected chi connectivity index (χ4v) is 18.8. The quantitative estimate of drug-likeness (QED) is 0.0213.